The van der Waals surface area contributed by atoms with Crippen molar-refractivity contribution >= 4 is 35.8 Å². The topological polar surface area (TPSA) is 178 Å². The van der Waals surface area contributed by atoms with Gasteiger partial charge in [0.1, 0.15) is 12.1 Å². The quantitative estimate of drug-likeness (QED) is 0.164. The SMILES string of the molecule is CCOC(=O)C(NC(=O)CNC(=O)CNC(=O)CNC(=O)OC(C)(C)C)C(=O)OCC. The third kappa shape index (κ3) is 13.5. The van der Waals surface area contributed by atoms with Gasteiger partial charge in [-0.1, -0.05) is 0 Å². The minimum atomic E-state index is -1.66. The van der Waals surface area contributed by atoms with Gasteiger partial charge in [0.05, 0.1) is 26.3 Å². The van der Waals surface area contributed by atoms with Crippen LogP contribution in [0.25, 0.3) is 0 Å². The summed E-state index contributed by atoms with van der Waals surface area (Å²) in [5, 5.41) is 8.76. The number of carbonyl (C=O) groups is 6. The molecule has 31 heavy (non-hydrogen) atoms. The van der Waals surface area contributed by atoms with Crippen molar-refractivity contribution in [1.29, 1.82) is 0 Å². The highest BCUT2D eigenvalue weighted by molar-refractivity contribution is 6.03. The van der Waals surface area contributed by atoms with Crippen molar-refractivity contribution in [3.05, 3.63) is 0 Å². The van der Waals surface area contributed by atoms with Gasteiger partial charge in [-0.15, -0.1) is 0 Å². The van der Waals surface area contributed by atoms with Gasteiger partial charge in [-0.3, -0.25) is 14.4 Å². The average molecular weight is 446 g/mol. The Morgan fingerprint density at radius 3 is 1.55 bits per heavy atom. The molecule has 0 aliphatic heterocycles. The van der Waals surface area contributed by atoms with Crippen LogP contribution >= 0.6 is 0 Å². The summed E-state index contributed by atoms with van der Waals surface area (Å²) < 4.78 is 14.4. The van der Waals surface area contributed by atoms with Crippen molar-refractivity contribution < 1.29 is 43.0 Å². The molecule has 0 bridgehead atoms. The third-order valence-corrected chi connectivity index (χ3v) is 3.03. The van der Waals surface area contributed by atoms with E-state index >= 15 is 0 Å². The number of hydrogen-bond acceptors (Lipinski definition) is 9. The normalized spacial score (nSPS) is 10.5. The highest BCUT2D eigenvalue weighted by atomic mass is 16.6. The van der Waals surface area contributed by atoms with Gasteiger partial charge in [0, 0.05) is 0 Å². The maximum absolute atomic E-state index is 11.9. The van der Waals surface area contributed by atoms with E-state index in [-0.39, 0.29) is 13.2 Å². The molecule has 0 saturated carbocycles. The van der Waals surface area contributed by atoms with Gasteiger partial charge in [-0.2, -0.15) is 0 Å². The van der Waals surface area contributed by atoms with Gasteiger partial charge in [0.2, 0.25) is 23.8 Å². The van der Waals surface area contributed by atoms with Crippen LogP contribution in [0.1, 0.15) is 34.6 Å². The summed E-state index contributed by atoms with van der Waals surface area (Å²) >= 11 is 0. The Balaban J connectivity index is 4.35. The summed E-state index contributed by atoms with van der Waals surface area (Å²) in [7, 11) is 0. The smallest absolute Gasteiger partial charge is 0.408 e. The number of ether oxygens (including phenoxy) is 3. The van der Waals surface area contributed by atoms with E-state index in [0.717, 1.165) is 0 Å². The van der Waals surface area contributed by atoms with E-state index in [1.54, 1.807) is 20.8 Å². The lowest BCUT2D eigenvalue weighted by atomic mass is 10.2. The Kier molecular flexibility index (Phi) is 12.3. The second-order valence-corrected chi connectivity index (χ2v) is 6.91. The molecule has 0 fully saturated rings. The molecule has 0 unspecified atom stereocenters. The summed E-state index contributed by atoms with van der Waals surface area (Å²) in [6, 6.07) is -1.66. The Hall–Kier alpha value is -3.38. The Morgan fingerprint density at radius 2 is 1.13 bits per heavy atom. The monoisotopic (exact) mass is 446 g/mol. The summed E-state index contributed by atoms with van der Waals surface area (Å²) in [5.41, 5.74) is -0.722. The molecule has 0 aromatic rings. The molecule has 0 aliphatic carbocycles. The zero-order chi connectivity index (χ0) is 24.0. The van der Waals surface area contributed by atoms with Crippen LogP contribution in [0.15, 0.2) is 0 Å². The fourth-order valence-corrected chi connectivity index (χ4v) is 1.83. The molecule has 0 heterocycles. The van der Waals surface area contributed by atoms with Gasteiger partial charge in [-0.05, 0) is 34.6 Å². The number of esters is 2. The standard InChI is InChI=1S/C18H30N4O9/c1-6-29-15(26)14(16(27)30-7-2)22-13(25)10-20-11(23)8-19-12(24)9-21-17(28)31-18(3,4)5/h14H,6-10H2,1-5H3,(H,19,24)(H,20,23)(H,21,28)(H,22,25). The van der Waals surface area contributed by atoms with Gasteiger partial charge in [0.25, 0.3) is 0 Å². The molecule has 0 aromatic heterocycles. The van der Waals surface area contributed by atoms with Crippen molar-refractivity contribution in [2.45, 2.75) is 46.3 Å². The van der Waals surface area contributed by atoms with E-state index in [4.69, 9.17) is 14.2 Å². The van der Waals surface area contributed by atoms with Crippen molar-refractivity contribution in [3.8, 4) is 0 Å². The van der Waals surface area contributed by atoms with E-state index in [1.807, 2.05) is 0 Å². The van der Waals surface area contributed by atoms with E-state index in [1.165, 1.54) is 13.8 Å². The summed E-state index contributed by atoms with van der Waals surface area (Å²) in [6.07, 6.45) is -0.790. The Morgan fingerprint density at radius 1 is 0.710 bits per heavy atom. The second kappa shape index (κ2) is 13.8. The minimum absolute atomic E-state index is 0.0101. The highest BCUT2D eigenvalue weighted by Crippen LogP contribution is 2.05. The molecular weight excluding hydrogens is 416 g/mol. The molecule has 176 valence electrons. The number of carbonyl (C=O) groups excluding carboxylic acids is 6. The van der Waals surface area contributed by atoms with E-state index in [2.05, 4.69) is 21.3 Å². The van der Waals surface area contributed by atoms with Crippen LogP contribution in [0.4, 0.5) is 4.79 Å². The molecule has 4 N–H and O–H groups in total. The first-order valence-corrected chi connectivity index (χ1v) is 9.52. The number of amides is 4. The number of rotatable bonds is 11. The summed E-state index contributed by atoms with van der Waals surface area (Å²) in [5.74, 6) is -4.21. The average Bonchev–Trinajstić information content (AvgIpc) is 2.66. The molecule has 0 aliphatic rings. The first-order valence-electron chi connectivity index (χ1n) is 9.52. The number of nitrogens with one attached hydrogen (secondary N) is 4. The van der Waals surface area contributed by atoms with E-state index in [9.17, 15) is 28.8 Å². The lowest BCUT2D eigenvalue weighted by Crippen LogP contribution is -2.51. The largest absolute Gasteiger partial charge is 0.464 e. The maximum Gasteiger partial charge on any atom is 0.408 e. The third-order valence-electron chi connectivity index (χ3n) is 3.03. The fraction of sp³-hybridized carbons (Fsp3) is 0.667. The van der Waals surface area contributed by atoms with Crippen molar-refractivity contribution in [2.75, 3.05) is 32.8 Å². The van der Waals surface area contributed by atoms with Crippen LogP contribution in [0.2, 0.25) is 0 Å². The zero-order valence-corrected chi connectivity index (χ0v) is 18.3. The Labute approximate surface area is 179 Å². The molecule has 13 nitrogen and oxygen atoms in total. The zero-order valence-electron chi connectivity index (χ0n) is 18.3. The van der Waals surface area contributed by atoms with Crippen LogP contribution in [0.5, 0.6) is 0 Å². The van der Waals surface area contributed by atoms with Crippen molar-refractivity contribution in [2.24, 2.45) is 0 Å². The first-order chi connectivity index (χ1) is 14.4. The van der Waals surface area contributed by atoms with Gasteiger partial charge < -0.3 is 35.5 Å². The number of alkyl carbamates (subject to hydrolysis) is 1. The lowest BCUT2D eigenvalue weighted by Gasteiger charge is -2.19. The molecule has 13 heteroatoms. The first kappa shape index (κ1) is 27.6. The molecule has 0 radical (unpaired) electrons. The molecule has 4 amide bonds. The predicted octanol–water partition coefficient (Wildman–Crippen LogP) is -1.65. The predicted molar refractivity (Wildman–Crippen MR) is 105 cm³/mol. The van der Waals surface area contributed by atoms with Crippen LogP contribution in [0.3, 0.4) is 0 Å². The lowest BCUT2D eigenvalue weighted by molar-refractivity contribution is -0.159. The van der Waals surface area contributed by atoms with Gasteiger partial charge in [0.15, 0.2) is 0 Å². The number of hydrogen-bond donors (Lipinski definition) is 4. The van der Waals surface area contributed by atoms with Gasteiger partial charge in [-0.25, -0.2) is 14.4 Å². The van der Waals surface area contributed by atoms with Crippen molar-refractivity contribution in [3.63, 3.8) is 0 Å². The second-order valence-electron chi connectivity index (χ2n) is 6.91. The highest BCUT2D eigenvalue weighted by Gasteiger charge is 2.31. The summed E-state index contributed by atoms with van der Waals surface area (Å²) in [6.45, 7) is 6.57. The molecule has 0 saturated heterocycles. The van der Waals surface area contributed by atoms with Crippen LogP contribution in [-0.4, -0.2) is 80.2 Å². The molecule has 0 aromatic carbocycles. The molecular formula is C18H30N4O9. The summed E-state index contributed by atoms with van der Waals surface area (Å²) in [4.78, 5) is 70.3. The minimum Gasteiger partial charge on any atom is -0.464 e. The molecule has 0 rings (SSSR count). The van der Waals surface area contributed by atoms with Crippen LogP contribution in [0, 0.1) is 0 Å². The van der Waals surface area contributed by atoms with Crippen molar-refractivity contribution in [1.82, 2.24) is 21.3 Å². The van der Waals surface area contributed by atoms with E-state index in [0.29, 0.717) is 0 Å². The molecule has 0 spiro atoms. The van der Waals surface area contributed by atoms with Gasteiger partial charge >= 0.3 is 18.0 Å². The van der Waals surface area contributed by atoms with Crippen LogP contribution < -0.4 is 21.3 Å². The maximum atomic E-state index is 11.9. The van der Waals surface area contributed by atoms with Crippen LogP contribution in [-0.2, 0) is 38.2 Å². The Bertz CT molecular complexity index is 655. The fourth-order valence-electron chi connectivity index (χ4n) is 1.83. The molecule has 0 atom stereocenters. The van der Waals surface area contributed by atoms with E-state index < -0.39 is 67.0 Å².